The van der Waals surface area contributed by atoms with Crippen molar-refractivity contribution in [3.8, 4) is 5.75 Å². The Balaban J connectivity index is 1.70. The van der Waals surface area contributed by atoms with E-state index >= 15 is 0 Å². The van der Waals surface area contributed by atoms with Crippen molar-refractivity contribution < 1.29 is 41.9 Å². The minimum atomic E-state index is -4.91. The first kappa shape index (κ1) is 33.5. The number of rotatable bonds is 8. The number of benzene rings is 1. The molecule has 0 radical (unpaired) electrons. The van der Waals surface area contributed by atoms with Gasteiger partial charge < -0.3 is 24.7 Å². The van der Waals surface area contributed by atoms with Crippen LogP contribution in [0.4, 0.5) is 18.9 Å². The number of carbonyl (C=O) groups excluding carboxylic acids is 4. The quantitative estimate of drug-likeness (QED) is 0.447. The van der Waals surface area contributed by atoms with Gasteiger partial charge in [0.2, 0.25) is 5.91 Å². The van der Waals surface area contributed by atoms with Gasteiger partial charge in [-0.3, -0.25) is 14.4 Å². The number of halogens is 3. The van der Waals surface area contributed by atoms with E-state index in [1.165, 1.54) is 28.7 Å². The van der Waals surface area contributed by atoms with Gasteiger partial charge in [0.15, 0.2) is 5.60 Å². The van der Waals surface area contributed by atoms with E-state index in [0.29, 0.717) is 19.4 Å². The molecule has 1 unspecified atom stereocenters. The lowest BCUT2D eigenvalue weighted by molar-refractivity contribution is -0.208. The van der Waals surface area contributed by atoms with E-state index in [2.05, 4.69) is 5.32 Å². The average Bonchev–Trinajstić information content (AvgIpc) is 3.71. The zero-order chi connectivity index (χ0) is 32.8. The molecule has 44 heavy (non-hydrogen) atoms. The predicted molar refractivity (Wildman–Crippen MR) is 156 cm³/mol. The molecule has 2 aliphatic heterocycles. The Morgan fingerprint density at radius 1 is 1.14 bits per heavy atom. The lowest BCUT2D eigenvalue weighted by Crippen LogP contribution is -2.54. The fourth-order valence-corrected chi connectivity index (χ4v) is 5.43. The molecule has 1 saturated carbocycles. The van der Waals surface area contributed by atoms with Crippen LogP contribution >= 0.6 is 0 Å². The number of alkyl halides is 3. The van der Waals surface area contributed by atoms with Gasteiger partial charge in [-0.15, -0.1) is 5.06 Å². The molecule has 0 bridgehead atoms. The molecule has 0 aromatic heterocycles. The fourth-order valence-electron chi connectivity index (χ4n) is 5.43. The van der Waals surface area contributed by atoms with Gasteiger partial charge >= 0.3 is 12.1 Å². The normalized spacial score (nSPS) is 20.6. The largest absolute Gasteiger partial charge is 0.476 e. The Kier molecular flexibility index (Phi) is 9.31. The summed E-state index contributed by atoms with van der Waals surface area (Å²) in [6.45, 7) is 11.9. The third kappa shape index (κ3) is 7.47. The highest BCUT2D eigenvalue weighted by molar-refractivity contribution is 6.05. The van der Waals surface area contributed by atoms with Gasteiger partial charge in [-0.2, -0.15) is 13.2 Å². The topological polar surface area (TPSA) is 108 Å². The minimum Gasteiger partial charge on any atom is -0.476 e. The Labute approximate surface area is 256 Å². The monoisotopic (exact) mass is 624 g/mol. The van der Waals surface area contributed by atoms with Gasteiger partial charge in [-0.25, -0.2) is 4.79 Å². The molecule has 1 aliphatic carbocycles. The molecule has 1 aromatic carbocycles. The maximum absolute atomic E-state index is 14.5. The molecule has 13 heteroatoms. The number of hydrogen-bond donors (Lipinski definition) is 1. The van der Waals surface area contributed by atoms with Gasteiger partial charge in [0.05, 0.1) is 28.8 Å². The number of nitrogens with one attached hydrogen (secondary N) is 1. The molecule has 3 aliphatic rings. The second kappa shape index (κ2) is 12.2. The highest BCUT2D eigenvalue weighted by Crippen LogP contribution is 2.44. The van der Waals surface area contributed by atoms with Crippen LogP contribution in [0.15, 0.2) is 12.1 Å². The number of ether oxygens (including phenoxy) is 1. The molecule has 4 rings (SSSR count). The summed E-state index contributed by atoms with van der Waals surface area (Å²) in [5.41, 5.74) is -4.07. The molecule has 2 fully saturated rings. The maximum atomic E-state index is 14.5. The van der Waals surface area contributed by atoms with E-state index in [1.54, 1.807) is 34.6 Å². The number of nitrogens with zero attached hydrogens (tertiary/aromatic N) is 3. The standard InChI is InChI=1S/C31H43F3N4O6/c1-18(2)38(20-9-8-13-36(17-20)44-28(42)29(3,4)5)26(40)21-15-23-24(16-22(21)31(32,33)34)43-30(6,7)27(41)37(23)14-12-25(39)35-19-10-11-19/h15-16,18-20H,8-14,17H2,1-7H3,(H,35,39). The Hall–Kier alpha value is -3.35. The van der Waals surface area contributed by atoms with Crippen molar-refractivity contribution in [1.29, 1.82) is 0 Å². The summed E-state index contributed by atoms with van der Waals surface area (Å²) in [7, 11) is 0. The van der Waals surface area contributed by atoms with E-state index in [4.69, 9.17) is 9.57 Å². The van der Waals surface area contributed by atoms with Crippen molar-refractivity contribution >= 4 is 29.4 Å². The van der Waals surface area contributed by atoms with Gasteiger partial charge in [0.1, 0.15) is 5.75 Å². The number of hydrogen-bond acceptors (Lipinski definition) is 7. The summed E-state index contributed by atoms with van der Waals surface area (Å²) in [6.07, 6.45) is -2.15. The van der Waals surface area contributed by atoms with Gasteiger partial charge in [0, 0.05) is 37.6 Å². The smallest absolute Gasteiger partial charge is 0.417 e. The Morgan fingerprint density at radius 2 is 1.80 bits per heavy atom. The van der Waals surface area contributed by atoms with Gasteiger partial charge in [0.25, 0.3) is 11.8 Å². The molecule has 1 saturated heterocycles. The molecule has 1 aromatic rings. The second-order valence-electron chi connectivity index (χ2n) is 13.6. The Bertz CT molecular complexity index is 1300. The zero-order valence-electron chi connectivity index (χ0n) is 26.5. The molecule has 2 heterocycles. The summed E-state index contributed by atoms with van der Waals surface area (Å²) in [5, 5.41) is 4.31. The van der Waals surface area contributed by atoms with E-state index in [0.717, 1.165) is 25.0 Å². The van der Waals surface area contributed by atoms with Crippen LogP contribution in [0.3, 0.4) is 0 Å². The highest BCUT2D eigenvalue weighted by Gasteiger charge is 2.46. The highest BCUT2D eigenvalue weighted by atomic mass is 19.4. The lowest BCUT2D eigenvalue weighted by Gasteiger charge is -2.42. The van der Waals surface area contributed by atoms with Crippen LogP contribution in [0.2, 0.25) is 0 Å². The van der Waals surface area contributed by atoms with Crippen LogP contribution in [-0.4, -0.2) is 77.0 Å². The van der Waals surface area contributed by atoms with Crippen molar-refractivity contribution in [3.63, 3.8) is 0 Å². The number of anilines is 1. The number of piperidine rings is 1. The summed E-state index contributed by atoms with van der Waals surface area (Å²) in [5.74, 6) is -2.32. The SMILES string of the molecule is CC(C)N(C(=O)c1cc2c(cc1C(F)(F)F)OC(C)(C)C(=O)N2CCC(=O)NC1CC1)C1CCCN(OC(=O)C(C)(C)C)C1. The maximum Gasteiger partial charge on any atom is 0.417 e. The molecular formula is C31H43F3N4O6. The molecule has 10 nitrogen and oxygen atoms in total. The zero-order valence-corrected chi connectivity index (χ0v) is 26.5. The van der Waals surface area contributed by atoms with Crippen molar-refractivity contribution in [2.24, 2.45) is 5.41 Å². The predicted octanol–water partition coefficient (Wildman–Crippen LogP) is 4.70. The van der Waals surface area contributed by atoms with Crippen LogP contribution in [-0.2, 0) is 25.4 Å². The van der Waals surface area contributed by atoms with Crippen LogP contribution < -0.4 is 15.0 Å². The third-order valence-corrected chi connectivity index (χ3v) is 7.92. The first-order valence-corrected chi connectivity index (χ1v) is 15.1. The first-order chi connectivity index (χ1) is 20.3. The van der Waals surface area contributed by atoms with Crippen molar-refractivity contribution in [2.75, 3.05) is 24.5 Å². The van der Waals surface area contributed by atoms with Crippen LogP contribution in [0.5, 0.6) is 5.75 Å². The van der Waals surface area contributed by atoms with E-state index < -0.39 is 58.2 Å². The van der Waals surface area contributed by atoms with Crippen molar-refractivity contribution in [3.05, 3.63) is 23.3 Å². The average molecular weight is 625 g/mol. The molecule has 1 atom stereocenters. The first-order valence-electron chi connectivity index (χ1n) is 15.1. The number of hydroxylamine groups is 2. The summed E-state index contributed by atoms with van der Waals surface area (Å²) < 4.78 is 49.3. The van der Waals surface area contributed by atoms with E-state index in [-0.39, 0.29) is 42.9 Å². The fraction of sp³-hybridized carbons (Fsp3) is 0.677. The number of fused-ring (bicyclic) bond motifs is 1. The number of amides is 3. The summed E-state index contributed by atoms with van der Waals surface area (Å²) >= 11 is 0. The third-order valence-electron chi connectivity index (χ3n) is 7.92. The van der Waals surface area contributed by atoms with Crippen molar-refractivity contribution in [1.82, 2.24) is 15.3 Å². The van der Waals surface area contributed by atoms with Crippen LogP contribution in [0.1, 0.15) is 96.5 Å². The second-order valence-corrected chi connectivity index (χ2v) is 13.6. The number of carbonyl (C=O) groups is 4. The molecule has 3 amide bonds. The Morgan fingerprint density at radius 3 is 2.36 bits per heavy atom. The summed E-state index contributed by atoms with van der Waals surface area (Å²) in [6, 6.07) is 0.898. The van der Waals surface area contributed by atoms with Crippen molar-refractivity contribution in [2.45, 2.75) is 110 Å². The molecule has 1 N–H and O–H groups in total. The summed E-state index contributed by atoms with van der Waals surface area (Å²) in [4.78, 5) is 60.7. The molecule has 244 valence electrons. The van der Waals surface area contributed by atoms with Crippen LogP contribution in [0, 0.1) is 5.41 Å². The lowest BCUT2D eigenvalue weighted by atomic mass is 9.96. The van der Waals surface area contributed by atoms with E-state index in [1.807, 2.05) is 0 Å². The minimum absolute atomic E-state index is 0.00187. The molecule has 0 spiro atoms. The van der Waals surface area contributed by atoms with E-state index in [9.17, 15) is 32.3 Å². The van der Waals surface area contributed by atoms with Gasteiger partial charge in [-0.1, -0.05) is 0 Å². The van der Waals surface area contributed by atoms with Gasteiger partial charge in [-0.05, 0) is 86.3 Å². The molecular weight excluding hydrogens is 581 g/mol. The van der Waals surface area contributed by atoms with Crippen LogP contribution in [0.25, 0.3) is 0 Å².